The van der Waals surface area contributed by atoms with Crippen LogP contribution in [0.15, 0.2) is 72.9 Å². The van der Waals surface area contributed by atoms with Crippen molar-refractivity contribution in [1.82, 2.24) is 0 Å². The Balaban J connectivity index is 4.26. The fourth-order valence-corrected chi connectivity index (χ4v) is 7.62. The predicted molar refractivity (Wildman–Crippen MR) is 288 cm³/mol. The Morgan fingerprint density at radius 1 is 0.449 bits per heavy atom. The van der Waals surface area contributed by atoms with Crippen LogP contribution in [0.4, 0.5) is 0 Å². The van der Waals surface area contributed by atoms with Crippen molar-refractivity contribution in [2.24, 2.45) is 0 Å². The lowest BCUT2D eigenvalue weighted by Gasteiger charge is -2.26. The second-order valence-electron chi connectivity index (χ2n) is 19.8. The lowest BCUT2D eigenvalue weighted by molar-refractivity contribution is -0.870. The van der Waals surface area contributed by atoms with E-state index in [1.807, 2.05) is 21.1 Å². The van der Waals surface area contributed by atoms with Crippen molar-refractivity contribution in [1.29, 1.82) is 0 Å². The first kappa shape index (κ1) is 65.7. The normalized spacial score (nSPS) is 13.3. The van der Waals surface area contributed by atoms with Gasteiger partial charge in [-0.05, 0) is 83.5 Å². The first-order chi connectivity index (χ1) is 33.6. The molecule has 0 spiro atoms. The molecule has 2 atom stereocenters. The number of ether oxygens (including phenoxy) is 4. The van der Waals surface area contributed by atoms with Crippen LogP contribution >= 0.6 is 0 Å². The monoisotopic (exact) mass is 968 g/mol. The van der Waals surface area contributed by atoms with E-state index in [2.05, 4.69) is 86.8 Å². The number of nitrogens with zero attached hydrogens (tertiary/aromatic N) is 1. The molecule has 0 aromatic rings. The van der Waals surface area contributed by atoms with Crippen molar-refractivity contribution in [3.63, 3.8) is 0 Å². The largest absolute Gasteiger partial charge is 0.545 e. The van der Waals surface area contributed by atoms with Gasteiger partial charge in [0.2, 0.25) is 0 Å². The summed E-state index contributed by atoms with van der Waals surface area (Å²) in [5, 5.41) is 11.8. The zero-order valence-corrected chi connectivity index (χ0v) is 45.2. The van der Waals surface area contributed by atoms with Gasteiger partial charge in [-0.3, -0.25) is 9.59 Å². The van der Waals surface area contributed by atoms with Crippen LogP contribution < -0.4 is 5.11 Å². The summed E-state index contributed by atoms with van der Waals surface area (Å²) in [4.78, 5) is 37.2. The minimum atomic E-state index is -1.63. The van der Waals surface area contributed by atoms with Gasteiger partial charge in [0.05, 0.1) is 40.3 Å². The first-order valence-corrected chi connectivity index (χ1v) is 28.1. The van der Waals surface area contributed by atoms with Gasteiger partial charge in [-0.25, -0.2) is 0 Å². The van der Waals surface area contributed by atoms with Crippen LogP contribution in [0, 0.1) is 0 Å². The van der Waals surface area contributed by atoms with Crippen LogP contribution in [0.25, 0.3) is 0 Å². The molecule has 9 nitrogen and oxygen atoms in total. The molecule has 0 aliphatic rings. The zero-order valence-electron chi connectivity index (χ0n) is 45.2. The van der Waals surface area contributed by atoms with E-state index in [9.17, 15) is 19.5 Å². The Morgan fingerprint density at radius 3 is 1.23 bits per heavy atom. The standard InChI is InChI=1S/C60H105NO8/c1-6-8-10-12-14-16-18-20-22-24-25-26-27-28-29-30-31-32-33-35-37-39-41-43-45-47-49-51-58(63)69-56(55-68-60(59(64)65)66-53-52-61(3,4)5)54-67-57(62)50-48-46-44-42-40-38-36-34-23-21-19-17-15-13-11-9-7-2/h9,11,15,17-18,20-21,23-25,27-28,56,60H,6-8,10,12-14,16,19,22,26,29-55H2,1-5H3/b11-9-,17-15-,20-18-,23-21-,25-24-,28-27-. The highest BCUT2D eigenvalue weighted by Gasteiger charge is 2.22. The third-order valence-corrected chi connectivity index (χ3v) is 11.9. The predicted octanol–water partition coefficient (Wildman–Crippen LogP) is 14.9. The second-order valence-corrected chi connectivity index (χ2v) is 19.8. The average molecular weight is 968 g/mol. The lowest BCUT2D eigenvalue weighted by atomic mass is 10.0. The van der Waals surface area contributed by atoms with E-state index in [0.717, 1.165) is 83.5 Å². The van der Waals surface area contributed by atoms with Crippen LogP contribution in [-0.4, -0.2) is 82.3 Å². The molecule has 69 heavy (non-hydrogen) atoms. The summed E-state index contributed by atoms with van der Waals surface area (Å²) < 4.78 is 22.7. The molecule has 398 valence electrons. The van der Waals surface area contributed by atoms with Crippen LogP contribution in [0.3, 0.4) is 0 Å². The van der Waals surface area contributed by atoms with Gasteiger partial charge in [0.1, 0.15) is 13.2 Å². The summed E-state index contributed by atoms with van der Waals surface area (Å²) in [6, 6.07) is 0. The molecule has 0 heterocycles. The van der Waals surface area contributed by atoms with Crippen molar-refractivity contribution in [2.45, 2.75) is 245 Å². The van der Waals surface area contributed by atoms with Gasteiger partial charge in [0, 0.05) is 12.8 Å². The molecule has 0 rings (SSSR count). The highest BCUT2D eigenvalue weighted by molar-refractivity contribution is 5.70. The van der Waals surface area contributed by atoms with Gasteiger partial charge in [0.15, 0.2) is 12.4 Å². The van der Waals surface area contributed by atoms with Gasteiger partial charge >= 0.3 is 11.9 Å². The molecule has 0 N–H and O–H groups in total. The second kappa shape index (κ2) is 51.1. The molecule has 0 aromatic heterocycles. The minimum Gasteiger partial charge on any atom is -0.545 e. The van der Waals surface area contributed by atoms with Crippen LogP contribution in [0.5, 0.6) is 0 Å². The van der Waals surface area contributed by atoms with Gasteiger partial charge in [0.25, 0.3) is 0 Å². The van der Waals surface area contributed by atoms with Crippen LogP contribution in [0.2, 0.25) is 0 Å². The van der Waals surface area contributed by atoms with Crippen LogP contribution in [0.1, 0.15) is 232 Å². The Kier molecular flexibility index (Phi) is 48.7. The molecular formula is C60H105NO8. The molecular weight excluding hydrogens is 863 g/mol. The zero-order chi connectivity index (χ0) is 50.6. The summed E-state index contributed by atoms with van der Waals surface area (Å²) in [6.07, 6.45) is 62.3. The van der Waals surface area contributed by atoms with Gasteiger partial charge in [-0.2, -0.15) is 0 Å². The maximum atomic E-state index is 12.9. The van der Waals surface area contributed by atoms with Crippen molar-refractivity contribution >= 4 is 17.9 Å². The summed E-state index contributed by atoms with van der Waals surface area (Å²) in [5.41, 5.74) is 0. The molecule has 0 saturated carbocycles. The number of carbonyl (C=O) groups is 3. The van der Waals surface area contributed by atoms with E-state index in [4.69, 9.17) is 18.9 Å². The van der Waals surface area contributed by atoms with E-state index >= 15 is 0 Å². The van der Waals surface area contributed by atoms with Crippen molar-refractivity contribution in [2.75, 3.05) is 47.5 Å². The maximum Gasteiger partial charge on any atom is 0.306 e. The first-order valence-electron chi connectivity index (χ1n) is 28.1. The number of quaternary nitrogens is 1. The summed E-state index contributed by atoms with van der Waals surface area (Å²) in [5.74, 6) is -2.30. The number of allylic oxidation sites excluding steroid dienone is 12. The van der Waals surface area contributed by atoms with Crippen molar-refractivity contribution in [3.8, 4) is 0 Å². The molecule has 0 fully saturated rings. The minimum absolute atomic E-state index is 0.143. The Hall–Kier alpha value is -3.27. The molecule has 0 aliphatic heterocycles. The van der Waals surface area contributed by atoms with E-state index in [1.165, 1.54) is 116 Å². The fourth-order valence-electron chi connectivity index (χ4n) is 7.62. The number of esters is 2. The highest BCUT2D eigenvalue weighted by Crippen LogP contribution is 2.15. The number of hydrogen-bond acceptors (Lipinski definition) is 8. The Labute approximate surface area is 424 Å². The molecule has 0 amide bonds. The number of carboxylic acids is 1. The summed E-state index contributed by atoms with van der Waals surface area (Å²) >= 11 is 0. The number of aliphatic carboxylic acids is 1. The topological polar surface area (TPSA) is 111 Å². The average Bonchev–Trinajstić information content (AvgIpc) is 3.31. The summed E-state index contributed by atoms with van der Waals surface area (Å²) in [6.45, 7) is 4.62. The SMILES string of the molecule is CC/C=C\C/C=C\C/C=C\CCCCCCCCCC(=O)OCC(COC(OCC[N+](C)(C)C)C(=O)[O-])OC(=O)CCCCCCCCCCCCCC/C=C\C/C=C\C/C=C\CCCCCCC. The smallest absolute Gasteiger partial charge is 0.306 e. The highest BCUT2D eigenvalue weighted by atomic mass is 16.7. The van der Waals surface area contributed by atoms with Gasteiger partial charge < -0.3 is 33.3 Å². The van der Waals surface area contributed by atoms with Crippen molar-refractivity contribution < 1.29 is 42.9 Å². The molecule has 0 radical (unpaired) electrons. The van der Waals surface area contributed by atoms with Gasteiger partial charge in [-0.15, -0.1) is 0 Å². The van der Waals surface area contributed by atoms with Crippen molar-refractivity contribution in [3.05, 3.63) is 72.9 Å². The molecule has 0 aliphatic carbocycles. The fraction of sp³-hybridized carbons (Fsp3) is 0.750. The number of hydrogen-bond donors (Lipinski definition) is 0. The molecule has 0 aromatic carbocycles. The molecule has 2 unspecified atom stereocenters. The van der Waals surface area contributed by atoms with E-state index < -0.39 is 24.3 Å². The van der Waals surface area contributed by atoms with E-state index in [1.54, 1.807) is 0 Å². The van der Waals surface area contributed by atoms with E-state index in [-0.39, 0.29) is 38.6 Å². The molecule has 0 bridgehead atoms. The lowest BCUT2D eigenvalue weighted by Crippen LogP contribution is -2.44. The Morgan fingerprint density at radius 2 is 0.826 bits per heavy atom. The van der Waals surface area contributed by atoms with Gasteiger partial charge in [-0.1, -0.05) is 209 Å². The third kappa shape index (κ3) is 52.4. The number of carbonyl (C=O) groups excluding carboxylic acids is 3. The molecule has 9 heteroatoms. The summed E-state index contributed by atoms with van der Waals surface area (Å²) in [7, 11) is 5.91. The number of likely N-dealkylation sites (N-methyl/N-ethyl adjacent to an activating group) is 1. The van der Waals surface area contributed by atoms with Crippen LogP contribution in [-0.2, 0) is 33.3 Å². The maximum absolute atomic E-state index is 12.9. The van der Waals surface area contributed by atoms with E-state index in [0.29, 0.717) is 17.4 Å². The molecule has 0 saturated heterocycles. The number of unbranched alkanes of at least 4 members (excludes halogenated alkanes) is 24. The number of rotatable bonds is 51. The third-order valence-electron chi connectivity index (χ3n) is 11.9. The quantitative estimate of drug-likeness (QED) is 0.0195. The Bertz CT molecular complexity index is 1360. The number of carboxylic acid groups (broad SMARTS) is 1.